The highest BCUT2D eigenvalue weighted by Crippen LogP contribution is 2.14. The van der Waals surface area contributed by atoms with Crippen LogP contribution in [-0.2, 0) is 6.04 Å². The van der Waals surface area contributed by atoms with Crippen molar-refractivity contribution in [3.05, 3.63) is 35.9 Å². The highest BCUT2D eigenvalue weighted by Gasteiger charge is 2.22. The monoisotopic (exact) mass is 193 g/mol. The fraction of sp³-hybridized carbons (Fsp3) is 0.455. The second-order valence-corrected chi connectivity index (χ2v) is 9.12. The van der Waals surface area contributed by atoms with E-state index in [1.165, 1.54) is 17.7 Å². The van der Waals surface area contributed by atoms with Crippen LogP contribution in [0.1, 0.15) is 12.5 Å². The van der Waals surface area contributed by atoms with E-state index in [-0.39, 0.29) is 0 Å². The van der Waals surface area contributed by atoms with Gasteiger partial charge in [-0.1, -0.05) is 55.4 Å². The molecule has 1 rings (SSSR count). The molecule has 1 aromatic rings. The van der Waals surface area contributed by atoms with Gasteiger partial charge in [0.25, 0.3) is 0 Å². The largest absolute Gasteiger partial charge is 0.333 e. The van der Waals surface area contributed by atoms with Gasteiger partial charge in [-0.3, -0.25) is 0 Å². The van der Waals surface area contributed by atoms with Gasteiger partial charge in [0.2, 0.25) is 0 Å². The molecule has 0 saturated heterocycles. The molecule has 0 saturated carbocycles. The molecule has 0 heterocycles. The van der Waals surface area contributed by atoms with Gasteiger partial charge in [0.15, 0.2) is 0 Å². The Labute approximate surface area is 82.0 Å². The molecule has 0 bridgehead atoms. The molecular formula is C11H19NSi. The van der Waals surface area contributed by atoms with Crippen molar-refractivity contribution in [1.82, 2.24) is 0 Å². The van der Waals surface area contributed by atoms with Crippen LogP contribution in [0.15, 0.2) is 30.3 Å². The lowest BCUT2D eigenvalue weighted by Gasteiger charge is -2.23. The highest BCUT2D eigenvalue weighted by atomic mass is 28.3. The van der Waals surface area contributed by atoms with E-state index in [1.54, 1.807) is 0 Å². The Morgan fingerprint density at radius 2 is 1.85 bits per heavy atom. The summed E-state index contributed by atoms with van der Waals surface area (Å²) in [5.74, 6) is 0. The minimum atomic E-state index is -1.16. The molecule has 0 aliphatic carbocycles. The Hall–Kier alpha value is -0.603. The average molecular weight is 193 g/mol. The fourth-order valence-electron chi connectivity index (χ4n) is 1.43. The van der Waals surface area contributed by atoms with E-state index in [0.29, 0.717) is 0 Å². The predicted molar refractivity (Wildman–Crippen MR) is 61.3 cm³/mol. The number of benzene rings is 1. The average Bonchev–Trinajstić information content (AvgIpc) is 2.19. The van der Waals surface area contributed by atoms with Crippen molar-refractivity contribution in [2.75, 3.05) is 6.17 Å². The molecule has 0 aromatic heterocycles. The summed E-state index contributed by atoms with van der Waals surface area (Å²) < 4.78 is 0. The third-order valence-corrected chi connectivity index (χ3v) is 6.77. The lowest BCUT2D eigenvalue weighted by atomic mass is 10.2. The topological polar surface area (TPSA) is 26.0 Å². The van der Waals surface area contributed by atoms with Crippen LogP contribution in [0.3, 0.4) is 0 Å². The van der Waals surface area contributed by atoms with E-state index in [9.17, 15) is 0 Å². The van der Waals surface area contributed by atoms with Crippen LogP contribution in [0, 0.1) is 0 Å². The van der Waals surface area contributed by atoms with Crippen molar-refractivity contribution in [2.24, 2.45) is 5.73 Å². The van der Waals surface area contributed by atoms with E-state index in [1.807, 2.05) is 0 Å². The van der Waals surface area contributed by atoms with Crippen LogP contribution in [0.25, 0.3) is 0 Å². The van der Waals surface area contributed by atoms with Gasteiger partial charge in [-0.15, -0.1) is 0 Å². The zero-order valence-electron chi connectivity index (χ0n) is 8.59. The van der Waals surface area contributed by atoms with Crippen molar-refractivity contribution >= 4 is 8.07 Å². The molecule has 13 heavy (non-hydrogen) atoms. The smallest absolute Gasteiger partial charge is 0.0693 e. The summed E-state index contributed by atoms with van der Waals surface area (Å²) in [4.78, 5) is 0. The van der Waals surface area contributed by atoms with Crippen LogP contribution in [0.5, 0.6) is 0 Å². The molecule has 0 aliphatic rings. The number of rotatable bonds is 4. The van der Waals surface area contributed by atoms with Gasteiger partial charge in [-0.25, -0.2) is 0 Å². The third kappa shape index (κ3) is 2.97. The Morgan fingerprint density at radius 1 is 1.23 bits per heavy atom. The molecule has 1 aromatic carbocycles. The molecule has 0 aliphatic heterocycles. The SMILES string of the molecule is CC[Si](C)(CN)Cc1ccccc1. The molecule has 1 unspecified atom stereocenters. The zero-order valence-corrected chi connectivity index (χ0v) is 9.59. The van der Waals surface area contributed by atoms with E-state index in [4.69, 9.17) is 5.73 Å². The van der Waals surface area contributed by atoms with Gasteiger partial charge in [0.1, 0.15) is 0 Å². The molecule has 1 nitrogen and oxygen atoms in total. The molecule has 2 N–H and O–H groups in total. The van der Waals surface area contributed by atoms with Gasteiger partial charge >= 0.3 is 0 Å². The van der Waals surface area contributed by atoms with Crippen molar-refractivity contribution < 1.29 is 0 Å². The summed E-state index contributed by atoms with van der Waals surface area (Å²) in [6.45, 7) is 4.65. The summed E-state index contributed by atoms with van der Waals surface area (Å²) in [6, 6.07) is 13.2. The lowest BCUT2D eigenvalue weighted by Crippen LogP contribution is -2.41. The van der Waals surface area contributed by atoms with Crippen LogP contribution in [-0.4, -0.2) is 14.2 Å². The standard InChI is InChI=1S/C11H19NSi/c1-3-13(2,10-12)9-11-7-5-4-6-8-11/h4-8H,3,9-10,12H2,1-2H3. The molecule has 1 atom stereocenters. The van der Waals surface area contributed by atoms with Gasteiger partial charge < -0.3 is 5.73 Å². The summed E-state index contributed by atoms with van der Waals surface area (Å²) in [5, 5.41) is 0. The first kappa shape index (κ1) is 10.5. The molecule has 0 fully saturated rings. The molecular weight excluding hydrogens is 174 g/mol. The Bertz CT molecular complexity index is 242. The van der Waals surface area contributed by atoms with Crippen molar-refractivity contribution in [3.8, 4) is 0 Å². The summed E-state index contributed by atoms with van der Waals surface area (Å²) in [5.41, 5.74) is 7.28. The van der Waals surface area contributed by atoms with Crippen molar-refractivity contribution in [2.45, 2.75) is 25.6 Å². The van der Waals surface area contributed by atoms with Gasteiger partial charge in [0.05, 0.1) is 8.07 Å². The number of hydrogen-bond acceptors (Lipinski definition) is 1. The van der Waals surface area contributed by atoms with E-state index >= 15 is 0 Å². The number of hydrogen-bond donors (Lipinski definition) is 1. The molecule has 2 heteroatoms. The maximum atomic E-state index is 5.83. The Balaban J connectivity index is 2.68. The van der Waals surface area contributed by atoms with Gasteiger partial charge in [0, 0.05) is 0 Å². The zero-order chi connectivity index (χ0) is 9.73. The van der Waals surface area contributed by atoms with Crippen LogP contribution in [0.4, 0.5) is 0 Å². The summed E-state index contributed by atoms with van der Waals surface area (Å²) in [7, 11) is -1.16. The van der Waals surface area contributed by atoms with Crippen molar-refractivity contribution in [1.29, 1.82) is 0 Å². The van der Waals surface area contributed by atoms with Crippen LogP contribution < -0.4 is 5.73 Å². The third-order valence-electron chi connectivity index (χ3n) is 2.82. The first-order chi connectivity index (χ1) is 6.20. The molecule has 0 amide bonds. The minimum Gasteiger partial charge on any atom is -0.333 e. The maximum Gasteiger partial charge on any atom is 0.0693 e. The summed E-state index contributed by atoms with van der Waals surface area (Å²) >= 11 is 0. The predicted octanol–water partition coefficient (Wildman–Crippen LogP) is 2.36. The van der Waals surface area contributed by atoms with Gasteiger partial charge in [-0.05, 0) is 12.2 Å². The highest BCUT2D eigenvalue weighted by molar-refractivity contribution is 6.78. The van der Waals surface area contributed by atoms with Crippen LogP contribution >= 0.6 is 0 Å². The molecule has 0 spiro atoms. The molecule has 0 radical (unpaired) electrons. The lowest BCUT2D eigenvalue weighted by molar-refractivity contribution is 1.14. The minimum absolute atomic E-state index is 0.901. The first-order valence-electron chi connectivity index (χ1n) is 4.94. The van der Waals surface area contributed by atoms with E-state index < -0.39 is 8.07 Å². The summed E-state index contributed by atoms with van der Waals surface area (Å²) in [6.07, 6.45) is 0.901. The second kappa shape index (κ2) is 4.58. The molecule has 72 valence electrons. The quantitative estimate of drug-likeness (QED) is 0.730. The Morgan fingerprint density at radius 3 is 2.31 bits per heavy atom. The van der Waals surface area contributed by atoms with E-state index in [0.717, 1.165) is 6.17 Å². The van der Waals surface area contributed by atoms with Crippen LogP contribution in [0.2, 0.25) is 12.6 Å². The number of nitrogens with two attached hydrogens (primary N) is 1. The normalized spacial score (nSPS) is 15.3. The fourth-order valence-corrected chi connectivity index (χ4v) is 3.33. The second-order valence-electron chi connectivity index (χ2n) is 4.03. The first-order valence-corrected chi connectivity index (χ1v) is 8.06. The van der Waals surface area contributed by atoms with E-state index in [2.05, 4.69) is 43.8 Å². The van der Waals surface area contributed by atoms with Crippen molar-refractivity contribution in [3.63, 3.8) is 0 Å². The maximum absolute atomic E-state index is 5.83. The Kier molecular flexibility index (Phi) is 3.69. The van der Waals surface area contributed by atoms with Gasteiger partial charge in [-0.2, -0.15) is 0 Å².